The van der Waals surface area contributed by atoms with Crippen LogP contribution in [0.15, 0.2) is 24.3 Å². The maximum Gasteiger partial charge on any atom is 0.0713 e. The van der Waals surface area contributed by atoms with E-state index in [0.717, 1.165) is 13.1 Å². The number of hydrogen-bond acceptors (Lipinski definition) is 4. The Bertz CT molecular complexity index is 397. The molecule has 2 N–H and O–H groups in total. The van der Waals surface area contributed by atoms with Crippen molar-refractivity contribution in [1.82, 2.24) is 4.90 Å². The van der Waals surface area contributed by atoms with E-state index in [1.807, 2.05) is 0 Å². The second kappa shape index (κ2) is 7.18. The smallest absolute Gasteiger partial charge is 0.0713 e. The maximum atomic E-state index is 6.02. The first-order valence-electron chi connectivity index (χ1n) is 7.31. The quantitative estimate of drug-likeness (QED) is 0.894. The van der Waals surface area contributed by atoms with Gasteiger partial charge in [0.25, 0.3) is 0 Å². The van der Waals surface area contributed by atoms with Crippen molar-refractivity contribution < 1.29 is 9.47 Å². The van der Waals surface area contributed by atoms with Crippen LogP contribution in [-0.2, 0) is 16.1 Å². The molecule has 1 aliphatic heterocycles. The molecule has 0 aromatic heterocycles. The van der Waals surface area contributed by atoms with Gasteiger partial charge in [0.1, 0.15) is 0 Å². The van der Waals surface area contributed by atoms with E-state index in [1.165, 1.54) is 11.1 Å². The van der Waals surface area contributed by atoms with Gasteiger partial charge in [-0.05, 0) is 25.0 Å². The summed E-state index contributed by atoms with van der Waals surface area (Å²) in [6.45, 7) is 7.40. The van der Waals surface area contributed by atoms with E-state index in [9.17, 15) is 0 Å². The molecule has 1 aliphatic rings. The first-order valence-corrected chi connectivity index (χ1v) is 7.31. The van der Waals surface area contributed by atoms with Crippen LogP contribution >= 0.6 is 0 Å². The fraction of sp³-hybridized carbons (Fsp3) is 0.625. The Morgan fingerprint density at radius 3 is 2.35 bits per heavy atom. The van der Waals surface area contributed by atoms with Crippen molar-refractivity contribution in [3.63, 3.8) is 0 Å². The van der Waals surface area contributed by atoms with Crippen LogP contribution in [0.4, 0.5) is 0 Å². The van der Waals surface area contributed by atoms with Crippen LogP contribution in [0.2, 0.25) is 0 Å². The van der Waals surface area contributed by atoms with Crippen molar-refractivity contribution in [1.29, 1.82) is 0 Å². The number of ether oxygens (including phenoxy) is 2. The topological polar surface area (TPSA) is 47.7 Å². The van der Waals surface area contributed by atoms with Gasteiger partial charge in [-0.2, -0.15) is 0 Å². The Morgan fingerprint density at radius 1 is 1.25 bits per heavy atom. The Hall–Kier alpha value is -0.940. The lowest BCUT2D eigenvalue weighted by molar-refractivity contribution is -0.0799. The normalized spacial score (nSPS) is 25.6. The van der Waals surface area contributed by atoms with Gasteiger partial charge in [-0.15, -0.1) is 0 Å². The molecule has 1 unspecified atom stereocenters. The van der Waals surface area contributed by atoms with Gasteiger partial charge < -0.3 is 15.2 Å². The molecule has 3 atom stereocenters. The van der Waals surface area contributed by atoms with E-state index in [2.05, 4.69) is 43.0 Å². The molecule has 0 aliphatic carbocycles. The minimum Gasteiger partial charge on any atom is -0.380 e. The number of nitrogens with two attached hydrogens (primary N) is 1. The number of rotatable bonds is 5. The van der Waals surface area contributed by atoms with Crippen molar-refractivity contribution in [2.24, 2.45) is 5.73 Å². The summed E-state index contributed by atoms with van der Waals surface area (Å²) in [4.78, 5) is 2.43. The third kappa shape index (κ3) is 3.79. The van der Waals surface area contributed by atoms with Gasteiger partial charge in [0.15, 0.2) is 0 Å². The van der Waals surface area contributed by atoms with Crippen molar-refractivity contribution in [3.05, 3.63) is 35.4 Å². The highest BCUT2D eigenvalue weighted by Gasteiger charge is 2.28. The zero-order chi connectivity index (χ0) is 14.5. The van der Waals surface area contributed by atoms with E-state index < -0.39 is 0 Å². The first-order chi connectivity index (χ1) is 9.63. The molecule has 0 spiro atoms. The Morgan fingerprint density at radius 2 is 1.85 bits per heavy atom. The molecule has 1 heterocycles. The average molecular weight is 278 g/mol. The van der Waals surface area contributed by atoms with E-state index in [-0.39, 0.29) is 18.2 Å². The Kier molecular flexibility index (Phi) is 5.54. The summed E-state index contributed by atoms with van der Waals surface area (Å²) in [6.07, 6.45) is 0.529. The molecule has 1 aromatic carbocycles. The van der Waals surface area contributed by atoms with Crippen molar-refractivity contribution in [3.8, 4) is 0 Å². The molecule has 20 heavy (non-hydrogen) atoms. The predicted octanol–water partition coefficient (Wildman–Crippen LogP) is 1.94. The van der Waals surface area contributed by atoms with Crippen molar-refractivity contribution in [2.75, 3.05) is 26.7 Å². The van der Waals surface area contributed by atoms with Crippen molar-refractivity contribution in [2.45, 2.75) is 38.7 Å². The van der Waals surface area contributed by atoms with E-state index >= 15 is 0 Å². The zero-order valence-electron chi connectivity index (χ0n) is 12.7. The highest BCUT2D eigenvalue weighted by Crippen LogP contribution is 2.24. The molecule has 0 amide bonds. The zero-order valence-corrected chi connectivity index (χ0v) is 12.7. The highest BCUT2D eigenvalue weighted by molar-refractivity contribution is 5.25. The fourth-order valence-corrected chi connectivity index (χ4v) is 2.97. The van der Waals surface area contributed by atoms with Gasteiger partial charge in [0, 0.05) is 32.8 Å². The van der Waals surface area contributed by atoms with Crippen LogP contribution in [0.5, 0.6) is 0 Å². The number of nitrogens with zero attached hydrogens (tertiary/aromatic N) is 1. The summed E-state index contributed by atoms with van der Waals surface area (Å²) in [7, 11) is 1.72. The maximum absolute atomic E-state index is 6.02. The highest BCUT2D eigenvalue weighted by atomic mass is 16.5. The lowest BCUT2D eigenvalue weighted by Crippen LogP contribution is -2.48. The minimum atomic E-state index is 0.264. The molecule has 1 saturated heterocycles. The van der Waals surface area contributed by atoms with Crippen LogP contribution < -0.4 is 5.73 Å². The molecular formula is C16H26N2O2. The first kappa shape index (κ1) is 15.4. The second-order valence-electron chi connectivity index (χ2n) is 5.64. The molecule has 4 heteroatoms. The van der Waals surface area contributed by atoms with Crippen LogP contribution in [0.25, 0.3) is 0 Å². The van der Waals surface area contributed by atoms with Gasteiger partial charge in [0.2, 0.25) is 0 Å². The lowest BCUT2D eigenvalue weighted by atomic mass is 10.0. The van der Waals surface area contributed by atoms with Gasteiger partial charge >= 0.3 is 0 Å². The van der Waals surface area contributed by atoms with E-state index in [4.69, 9.17) is 15.2 Å². The molecule has 112 valence electrons. The van der Waals surface area contributed by atoms with Crippen LogP contribution in [-0.4, -0.2) is 43.9 Å². The monoisotopic (exact) mass is 278 g/mol. The standard InChI is InChI=1S/C16H26N2O2/c1-12-9-18(10-13(2)20-12)16(8-17)15-6-4-14(5-7-15)11-19-3/h4-7,12-13,16H,8-11,17H2,1-3H3/t12-,13+,16?. The van der Waals surface area contributed by atoms with Gasteiger partial charge in [0.05, 0.1) is 18.8 Å². The van der Waals surface area contributed by atoms with Gasteiger partial charge in [-0.1, -0.05) is 24.3 Å². The molecule has 1 aromatic rings. The number of morpholine rings is 1. The van der Waals surface area contributed by atoms with Crippen LogP contribution in [0.1, 0.15) is 31.0 Å². The molecule has 0 bridgehead atoms. The molecule has 0 saturated carbocycles. The molecule has 4 nitrogen and oxygen atoms in total. The second-order valence-corrected chi connectivity index (χ2v) is 5.64. The summed E-state index contributed by atoms with van der Waals surface area (Å²) in [6, 6.07) is 8.83. The summed E-state index contributed by atoms with van der Waals surface area (Å²) in [5.41, 5.74) is 8.48. The largest absolute Gasteiger partial charge is 0.380 e. The van der Waals surface area contributed by atoms with Crippen molar-refractivity contribution >= 4 is 0 Å². The predicted molar refractivity (Wildman–Crippen MR) is 80.5 cm³/mol. The molecular weight excluding hydrogens is 252 g/mol. The van der Waals surface area contributed by atoms with Gasteiger partial charge in [-0.25, -0.2) is 0 Å². The minimum absolute atomic E-state index is 0.264. The number of hydrogen-bond donors (Lipinski definition) is 1. The summed E-state index contributed by atoms with van der Waals surface area (Å²) in [5, 5.41) is 0. The van der Waals surface area contributed by atoms with E-state index in [1.54, 1.807) is 7.11 Å². The van der Waals surface area contributed by atoms with Crippen LogP contribution in [0, 0.1) is 0 Å². The SMILES string of the molecule is COCc1ccc(C(CN)N2C[C@@H](C)O[C@@H](C)C2)cc1. The fourth-order valence-electron chi connectivity index (χ4n) is 2.97. The summed E-state index contributed by atoms with van der Waals surface area (Å²) < 4.78 is 10.9. The summed E-state index contributed by atoms with van der Waals surface area (Å²) in [5.74, 6) is 0. The summed E-state index contributed by atoms with van der Waals surface area (Å²) >= 11 is 0. The number of benzene rings is 1. The third-order valence-electron chi connectivity index (χ3n) is 3.79. The van der Waals surface area contributed by atoms with E-state index in [0.29, 0.717) is 13.2 Å². The van der Waals surface area contributed by atoms with Gasteiger partial charge in [-0.3, -0.25) is 4.90 Å². The molecule has 0 radical (unpaired) electrons. The Balaban J connectivity index is 2.10. The molecule has 2 rings (SSSR count). The third-order valence-corrected chi connectivity index (χ3v) is 3.79. The van der Waals surface area contributed by atoms with Crippen LogP contribution in [0.3, 0.4) is 0 Å². The molecule has 1 fully saturated rings. The number of methoxy groups -OCH3 is 1. The lowest BCUT2D eigenvalue weighted by Gasteiger charge is -2.40. The average Bonchev–Trinajstić information content (AvgIpc) is 2.41. The Labute approximate surface area is 121 Å².